The van der Waals surface area contributed by atoms with Gasteiger partial charge in [0.25, 0.3) is 0 Å². The molecule has 20 heavy (non-hydrogen) atoms. The van der Waals surface area contributed by atoms with Crippen molar-refractivity contribution in [3.63, 3.8) is 0 Å². The third-order valence-electron chi connectivity index (χ3n) is 2.96. The maximum atomic E-state index is 11.6. The van der Waals surface area contributed by atoms with Crippen molar-refractivity contribution in [2.75, 3.05) is 13.7 Å². The zero-order valence-corrected chi connectivity index (χ0v) is 12.3. The fourth-order valence-corrected chi connectivity index (χ4v) is 1.91. The second-order valence-electron chi connectivity index (χ2n) is 5.00. The number of esters is 1. The molecule has 0 radical (unpaired) electrons. The van der Waals surface area contributed by atoms with Gasteiger partial charge in [0.05, 0.1) is 7.11 Å². The van der Waals surface area contributed by atoms with Gasteiger partial charge in [-0.25, -0.2) is 0 Å². The molecule has 0 aliphatic carbocycles. The Balaban J connectivity index is 2.71. The Hall–Kier alpha value is -2.06. The smallest absolute Gasteiger partial charge is 0.325 e. The molecule has 0 spiro atoms. The number of hydrogen-bond donors (Lipinski definition) is 1. The number of nitriles is 1. The molecule has 1 aromatic rings. The molecule has 0 aliphatic rings. The summed E-state index contributed by atoms with van der Waals surface area (Å²) in [5, 5.41) is 11.7. The Kier molecular flexibility index (Phi) is 5.53. The molecule has 1 rings (SSSR count). The number of carbonyl (C=O) groups excluding carboxylic acids is 1. The second-order valence-corrected chi connectivity index (χ2v) is 5.00. The first-order valence-electron chi connectivity index (χ1n) is 6.36. The van der Waals surface area contributed by atoms with Gasteiger partial charge in [0.1, 0.15) is 17.4 Å². The number of rotatable bonds is 6. The predicted octanol–water partition coefficient (Wildman–Crippen LogP) is 2.19. The molecule has 0 saturated heterocycles. The average molecular weight is 276 g/mol. The van der Waals surface area contributed by atoms with Crippen molar-refractivity contribution >= 4 is 5.97 Å². The van der Waals surface area contributed by atoms with Crippen LogP contribution in [-0.4, -0.2) is 25.2 Å². The average Bonchev–Trinajstić information content (AvgIpc) is 2.44. The number of methoxy groups -OCH3 is 1. The van der Waals surface area contributed by atoms with Crippen molar-refractivity contribution in [2.45, 2.75) is 32.4 Å². The highest BCUT2D eigenvalue weighted by Gasteiger charge is 2.30. The maximum Gasteiger partial charge on any atom is 0.325 e. The lowest BCUT2D eigenvalue weighted by atomic mass is 10.0. The molecule has 108 valence electrons. The lowest BCUT2D eigenvalue weighted by Crippen LogP contribution is -2.48. The van der Waals surface area contributed by atoms with Crippen molar-refractivity contribution in [2.24, 2.45) is 0 Å². The van der Waals surface area contributed by atoms with E-state index in [1.165, 1.54) is 7.11 Å². The monoisotopic (exact) mass is 276 g/mol. The summed E-state index contributed by atoms with van der Waals surface area (Å²) >= 11 is 0. The Bertz CT molecular complexity index is 489. The number of ether oxygens (including phenoxy) is 2. The van der Waals surface area contributed by atoms with Gasteiger partial charge in [-0.15, -0.1) is 0 Å². The normalized spacial score (nSPS) is 12.3. The SMILES string of the molecule is COC(=O)C(C)(C)NC(C)c1ccc(OCC#N)cc1. The van der Waals surface area contributed by atoms with Gasteiger partial charge in [0, 0.05) is 6.04 Å². The summed E-state index contributed by atoms with van der Waals surface area (Å²) in [6.07, 6.45) is 0. The van der Waals surface area contributed by atoms with Gasteiger partial charge in [-0.3, -0.25) is 10.1 Å². The molecule has 1 unspecified atom stereocenters. The molecular weight excluding hydrogens is 256 g/mol. The number of nitrogens with one attached hydrogen (secondary N) is 1. The van der Waals surface area contributed by atoms with E-state index in [4.69, 9.17) is 14.7 Å². The lowest BCUT2D eigenvalue weighted by molar-refractivity contribution is -0.147. The van der Waals surface area contributed by atoms with Crippen molar-refractivity contribution < 1.29 is 14.3 Å². The van der Waals surface area contributed by atoms with Crippen LogP contribution in [0.25, 0.3) is 0 Å². The Morgan fingerprint density at radius 3 is 2.50 bits per heavy atom. The Labute approximate surface area is 119 Å². The van der Waals surface area contributed by atoms with Gasteiger partial charge in [-0.2, -0.15) is 5.26 Å². The van der Waals surface area contributed by atoms with E-state index >= 15 is 0 Å². The summed E-state index contributed by atoms with van der Waals surface area (Å²) < 4.78 is 9.95. The summed E-state index contributed by atoms with van der Waals surface area (Å²) in [6, 6.07) is 9.30. The van der Waals surface area contributed by atoms with E-state index < -0.39 is 5.54 Å². The minimum atomic E-state index is -0.760. The van der Waals surface area contributed by atoms with Crippen LogP contribution in [0.1, 0.15) is 32.4 Å². The van der Waals surface area contributed by atoms with Crippen LogP contribution in [0.3, 0.4) is 0 Å². The molecule has 0 bridgehead atoms. The van der Waals surface area contributed by atoms with Gasteiger partial charge in [-0.1, -0.05) is 12.1 Å². The number of benzene rings is 1. The summed E-state index contributed by atoms with van der Waals surface area (Å²) in [7, 11) is 1.37. The highest BCUT2D eigenvalue weighted by molar-refractivity contribution is 5.79. The van der Waals surface area contributed by atoms with Crippen molar-refractivity contribution in [1.29, 1.82) is 5.26 Å². The van der Waals surface area contributed by atoms with Crippen molar-refractivity contribution in [3.05, 3.63) is 29.8 Å². The number of nitrogens with zero attached hydrogens (tertiary/aromatic N) is 1. The molecule has 0 fully saturated rings. The highest BCUT2D eigenvalue weighted by Crippen LogP contribution is 2.20. The fraction of sp³-hybridized carbons (Fsp3) is 0.467. The van der Waals surface area contributed by atoms with E-state index in [0.29, 0.717) is 5.75 Å². The Morgan fingerprint density at radius 2 is 2.00 bits per heavy atom. The molecular formula is C15H20N2O3. The molecule has 0 amide bonds. The summed E-state index contributed by atoms with van der Waals surface area (Å²) in [5.74, 6) is 0.341. The second kappa shape index (κ2) is 6.92. The summed E-state index contributed by atoms with van der Waals surface area (Å²) in [5.41, 5.74) is 0.260. The van der Waals surface area contributed by atoms with E-state index in [1.807, 2.05) is 25.1 Å². The topological polar surface area (TPSA) is 71.3 Å². The minimum absolute atomic E-state index is 0.0193. The van der Waals surface area contributed by atoms with Crippen LogP contribution in [0.15, 0.2) is 24.3 Å². The molecule has 5 heteroatoms. The van der Waals surface area contributed by atoms with Crippen molar-refractivity contribution in [3.8, 4) is 11.8 Å². The van der Waals surface area contributed by atoms with Gasteiger partial charge in [0.2, 0.25) is 0 Å². The summed E-state index contributed by atoms with van der Waals surface area (Å²) in [4.78, 5) is 11.6. The molecule has 1 aromatic carbocycles. The first kappa shape index (κ1) is 16.0. The van der Waals surface area contributed by atoms with Crippen LogP contribution in [0.4, 0.5) is 0 Å². The zero-order valence-electron chi connectivity index (χ0n) is 12.3. The molecule has 0 aromatic heterocycles. The highest BCUT2D eigenvalue weighted by atomic mass is 16.5. The molecule has 1 N–H and O–H groups in total. The first-order valence-corrected chi connectivity index (χ1v) is 6.36. The molecule has 1 atom stereocenters. The standard InChI is InChI=1S/C15H20N2O3/c1-11(17-15(2,3)14(18)19-4)12-5-7-13(8-6-12)20-10-9-16/h5-8,11,17H,10H2,1-4H3. The van der Waals surface area contributed by atoms with Crippen LogP contribution < -0.4 is 10.1 Å². The van der Waals surface area contributed by atoms with E-state index in [2.05, 4.69) is 5.32 Å². The first-order chi connectivity index (χ1) is 9.40. The fourth-order valence-electron chi connectivity index (χ4n) is 1.91. The maximum absolute atomic E-state index is 11.6. The third kappa shape index (κ3) is 4.25. The van der Waals surface area contributed by atoms with Gasteiger partial charge in [0.15, 0.2) is 6.61 Å². The summed E-state index contributed by atoms with van der Waals surface area (Å²) in [6.45, 7) is 5.55. The quantitative estimate of drug-likeness (QED) is 0.806. The predicted molar refractivity (Wildman–Crippen MR) is 75.2 cm³/mol. The number of carbonyl (C=O) groups is 1. The largest absolute Gasteiger partial charge is 0.479 e. The van der Waals surface area contributed by atoms with Crippen LogP contribution >= 0.6 is 0 Å². The van der Waals surface area contributed by atoms with E-state index in [9.17, 15) is 4.79 Å². The Morgan fingerprint density at radius 1 is 1.40 bits per heavy atom. The zero-order chi connectivity index (χ0) is 15.2. The van der Waals surface area contributed by atoms with Crippen LogP contribution in [0.2, 0.25) is 0 Å². The molecule has 5 nitrogen and oxygen atoms in total. The van der Waals surface area contributed by atoms with Crippen LogP contribution in [-0.2, 0) is 9.53 Å². The lowest BCUT2D eigenvalue weighted by Gasteiger charge is -2.27. The van der Waals surface area contributed by atoms with E-state index in [-0.39, 0.29) is 18.6 Å². The molecule has 0 aliphatic heterocycles. The number of hydrogen-bond acceptors (Lipinski definition) is 5. The third-order valence-corrected chi connectivity index (χ3v) is 2.96. The van der Waals surface area contributed by atoms with Gasteiger partial charge < -0.3 is 9.47 Å². The van der Waals surface area contributed by atoms with E-state index in [1.54, 1.807) is 26.0 Å². The van der Waals surface area contributed by atoms with Crippen LogP contribution in [0, 0.1) is 11.3 Å². The molecule has 0 heterocycles. The van der Waals surface area contributed by atoms with Gasteiger partial charge in [-0.05, 0) is 38.5 Å². The van der Waals surface area contributed by atoms with E-state index in [0.717, 1.165) is 5.56 Å². The minimum Gasteiger partial charge on any atom is -0.479 e. The van der Waals surface area contributed by atoms with Crippen molar-refractivity contribution in [1.82, 2.24) is 5.32 Å². The van der Waals surface area contributed by atoms with Crippen LogP contribution in [0.5, 0.6) is 5.75 Å². The molecule has 0 saturated carbocycles. The van der Waals surface area contributed by atoms with Gasteiger partial charge >= 0.3 is 5.97 Å².